The van der Waals surface area contributed by atoms with Gasteiger partial charge in [0.1, 0.15) is 0 Å². The number of likely N-dealkylation sites (N-methyl/N-ethyl adjacent to an activating group) is 1. The lowest BCUT2D eigenvalue weighted by Crippen LogP contribution is -2.40. The Hall–Kier alpha value is -2.28. The van der Waals surface area contributed by atoms with Gasteiger partial charge < -0.3 is 5.32 Å². The fraction of sp³-hybridized carbons (Fsp3) is 0.556. The Morgan fingerprint density at radius 1 is 1.32 bits per heavy atom. The second-order valence-corrected chi connectivity index (χ2v) is 6.74. The van der Waals surface area contributed by atoms with Crippen molar-refractivity contribution in [3.8, 4) is 11.4 Å². The molecule has 25 heavy (non-hydrogen) atoms. The first-order chi connectivity index (χ1) is 12.1. The first-order valence-corrected chi connectivity index (χ1v) is 9.00. The van der Waals surface area contributed by atoms with Gasteiger partial charge in [0.25, 0.3) is 5.91 Å². The van der Waals surface area contributed by atoms with Gasteiger partial charge in [-0.25, -0.2) is 0 Å². The Balaban J connectivity index is 1.60. The smallest absolute Gasteiger partial charge is 0.251 e. The maximum Gasteiger partial charge on any atom is 0.251 e. The molecule has 0 saturated carbocycles. The maximum atomic E-state index is 12.4. The first-order valence-electron chi connectivity index (χ1n) is 9.00. The van der Waals surface area contributed by atoms with Crippen LogP contribution in [0.5, 0.6) is 0 Å². The van der Waals surface area contributed by atoms with Gasteiger partial charge in [-0.2, -0.15) is 4.80 Å². The monoisotopic (exact) mass is 342 g/mol. The van der Waals surface area contributed by atoms with Gasteiger partial charge in [0, 0.05) is 23.7 Å². The van der Waals surface area contributed by atoms with E-state index in [2.05, 4.69) is 32.6 Å². The van der Waals surface area contributed by atoms with Gasteiger partial charge in [0.15, 0.2) is 0 Å². The number of amides is 1. The summed E-state index contributed by atoms with van der Waals surface area (Å²) in [4.78, 5) is 16.4. The summed E-state index contributed by atoms with van der Waals surface area (Å²) < 4.78 is 0. The summed E-state index contributed by atoms with van der Waals surface area (Å²) in [7, 11) is 0. The van der Waals surface area contributed by atoms with Crippen LogP contribution in [0.3, 0.4) is 0 Å². The summed E-state index contributed by atoms with van der Waals surface area (Å²) in [5.41, 5.74) is 1.51. The van der Waals surface area contributed by atoms with E-state index < -0.39 is 0 Å². The molecule has 1 unspecified atom stereocenters. The van der Waals surface area contributed by atoms with Crippen molar-refractivity contribution in [2.24, 2.45) is 0 Å². The fourth-order valence-electron chi connectivity index (χ4n) is 3.19. The average Bonchev–Trinajstić information content (AvgIpc) is 3.29. The molecule has 1 atom stereocenters. The SMILES string of the molecule is CCN1CCCC1CNC(=O)c1ccc(-c2nnn(C(C)C)n2)cc1. The van der Waals surface area contributed by atoms with Gasteiger partial charge in [-0.05, 0) is 57.1 Å². The van der Waals surface area contributed by atoms with Crippen molar-refractivity contribution in [3.05, 3.63) is 29.8 Å². The summed E-state index contributed by atoms with van der Waals surface area (Å²) in [5, 5.41) is 15.5. The van der Waals surface area contributed by atoms with E-state index in [9.17, 15) is 4.79 Å². The van der Waals surface area contributed by atoms with Crippen LogP contribution in [-0.2, 0) is 0 Å². The van der Waals surface area contributed by atoms with Crippen LogP contribution >= 0.6 is 0 Å². The molecule has 1 fully saturated rings. The van der Waals surface area contributed by atoms with Crippen molar-refractivity contribution in [1.29, 1.82) is 0 Å². The normalized spacial score (nSPS) is 18.0. The highest BCUT2D eigenvalue weighted by Crippen LogP contribution is 2.17. The lowest BCUT2D eigenvalue weighted by molar-refractivity contribution is 0.0941. The molecule has 0 aliphatic carbocycles. The summed E-state index contributed by atoms with van der Waals surface area (Å²) in [6, 6.07) is 7.99. The highest BCUT2D eigenvalue weighted by atomic mass is 16.1. The molecule has 1 amide bonds. The molecule has 1 saturated heterocycles. The van der Waals surface area contributed by atoms with Gasteiger partial charge in [-0.15, -0.1) is 10.2 Å². The standard InChI is InChI=1S/C18H26N6O/c1-4-23-11-5-6-16(23)12-19-18(25)15-9-7-14(8-10-15)17-20-22-24(21-17)13(2)3/h7-10,13,16H,4-6,11-12H2,1-3H3,(H,19,25). The largest absolute Gasteiger partial charge is 0.350 e. The van der Waals surface area contributed by atoms with Crippen LogP contribution in [0.4, 0.5) is 0 Å². The lowest BCUT2D eigenvalue weighted by atomic mass is 10.1. The third-order valence-corrected chi connectivity index (χ3v) is 4.70. The molecule has 7 heteroatoms. The second kappa shape index (κ2) is 7.74. The van der Waals surface area contributed by atoms with Crippen LogP contribution in [0.1, 0.15) is 50.0 Å². The minimum Gasteiger partial charge on any atom is -0.350 e. The van der Waals surface area contributed by atoms with Gasteiger partial charge in [0.2, 0.25) is 5.82 Å². The zero-order chi connectivity index (χ0) is 17.8. The highest BCUT2D eigenvalue weighted by Gasteiger charge is 2.23. The Bertz CT molecular complexity index is 709. The third-order valence-electron chi connectivity index (χ3n) is 4.70. The van der Waals surface area contributed by atoms with E-state index in [4.69, 9.17) is 0 Å². The maximum absolute atomic E-state index is 12.4. The summed E-state index contributed by atoms with van der Waals surface area (Å²) in [6.07, 6.45) is 2.37. The van der Waals surface area contributed by atoms with Crippen molar-refractivity contribution in [2.75, 3.05) is 19.6 Å². The minimum absolute atomic E-state index is 0.0340. The number of tetrazole rings is 1. The Morgan fingerprint density at radius 3 is 2.72 bits per heavy atom. The number of carbonyl (C=O) groups is 1. The molecule has 0 radical (unpaired) electrons. The lowest BCUT2D eigenvalue weighted by Gasteiger charge is -2.22. The fourth-order valence-corrected chi connectivity index (χ4v) is 3.19. The quantitative estimate of drug-likeness (QED) is 0.870. The number of rotatable bonds is 6. The molecule has 0 bridgehead atoms. The molecule has 1 aromatic carbocycles. The Kier molecular flexibility index (Phi) is 5.43. The van der Waals surface area contributed by atoms with Crippen molar-refractivity contribution in [2.45, 2.75) is 45.7 Å². The highest BCUT2D eigenvalue weighted by molar-refractivity contribution is 5.94. The van der Waals surface area contributed by atoms with Crippen molar-refractivity contribution in [3.63, 3.8) is 0 Å². The van der Waals surface area contributed by atoms with Crippen LogP contribution in [0.15, 0.2) is 24.3 Å². The number of likely N-dealkylation sites (tertiary alicyclic amines) is 1. The van der Waals surface area contributed by atoms with Gasteiger partial charge in [-0.1, -0.05) is 19.1 Å². The molecule has 0 spiro atoms. The first kappa shape index (κ1) is 17.5. The molecule has 1 aliphatic rings. The van der Waals surface area contributed by atoms with Gasteiger partial charge in [-0.3, -0.25) is 9.69 Å². The zero-order valence-corrected chi connectivity index (χ0v) is 15.1. The molecular weight excluding hydrogens is 316 g/mol. The molecule has 1 aliphatic heterocycles. The number of benzene rings is 1. The van der Waals surface area contributed by atoms with Crippen LogP contribution in [0.2, 0.25) is 0 Å². The van der Waals surface area contributed by atoms with E-state index in [1.165, 1.54) is 6.42 Å². The molecule has 1 N–H and O–H groups in total. The summed E-state index contributed by atoms with van der Waals surface area (Å²) >= 11 is 0. The number of nitrogens with one attached hydrogen (secondary N) is 1. The summed E-state index contributed by atoms with van der Waals surface area (Å²) in [5.74, 6) is 0.540. The van der Waals surface area contributed by atoms with Gasteiger partial charge in [0.05, 0.1) is 6.04 Å². The third kappa shape index (κ3) is 4.04. The number of nitrogens with zero attached hydrogens (tertiary/aromatic N) is 5. The molecular formula is C18H26N6O. The predicted octanol–water partition coefficient (Wildman–Crippen LogP) is 2.14. The topological polar surface area (TPSA) is 75.9 Å². The van der Waals surface area contributed by atoms with E-state index >= 15 is 0 Å². The van der Waals surface area contributed by atoms with Crippen LogP contribution in [0, 0.1) is 0 Å². The molecule has 7 nitrogen and oxygen atoms in total. The van der Waals surface area contributed by atoms with Crippen LogP contribution in [-0.4, -0.2) is 56.7 Å². The van der Waals surface area contributed by atoms with E-state index in [1.807, 2.05) is 38.1 Å². The van der Waals surface area contributed by atoms with Crippen molar-refractivity contribution >= 4 is 5.91 Å². The van der Waals surface area contributed by atoms with E-state index in [0.717, 1.165) is 25.1 Å². The average molecular weight is 342 g/mol. The molecule has 3 rings (SSSR count). The molecule has 134 valence electrons. The minimum atomic E-state index is -0.0340. The second-order valence-electron chi connectivity index (χ2n) is 6.74. The summed E-state index contributed by atoms with van der Waals surface area (Å²) in [6.45, 7) is 9.06. The number of hydrogen-bond donors (Lipinski definition) is 1. The molecule has 2 heterocycles. The predicted molar refractivity (Wildman–Crippen MR) is 96.2 cm³/mol. The molecule has 1 aromatic heterocycles. The van der Waals surface area contributed by atoms with Crippen molar-refractivity contribution < 1.29 is 4.79 Å². The van der Waals surface area contributed by atoms with E-state index in [0.29, 0.717) is 24.0 Å². The Labute approximate surface area is 148 Å². The van der Waals surface area contributed by atoms with Gasteiger partial charge >= 0.3 is 0 Å². The molecule has 2 aromatic rings. The number of aromatic nitrogens is 4. The van der Waals surface area contributed by atoms with Crippen molar-refractivity contribution in [1.82, 2.24) is 30.4 Å². The van der Waals surface area contributed by atoms with Crippen LogP contribution in [0.25, 0.3) is 11.4 Å². The number of carbonyl (C=O) groups excluding carboxylic acids is 1. The number of hydrogen-bond acceptors (Lipinski definition) is 5. The van der Waals surface area contributed by atoms with E-state index in [-0.39, 0.29) is 11.9 Å². The Morgan fingerprint density at radius 2 is 2.08 bits per heavy atom. The zero-order valence-electron chi connectivity index (χ0n) is 15.1. The van der Waals surface area contributed by atoms with E-state index in [1.54, 1.807) is 4.80 Å². The van der Waals surface area contributed by atoms with Crippen LogP contribution < -0.4 is 5.32 Å².